The number of rotatable bonds is 4. The van der Waals surface area contributed by atoms with Crippen molar-refractivity contribution >= 4 is 23.3 Å². The van der Waals surface area contributed by atoms with E-state index >= 15 is 0 Å². The van der Waals surface area contributed by atoms with Gasteiger partial charge in [0.15, 0.2) is 4.77 Å². The third-order valence-electron chi connectivity index (χ3n) is 2.55. The minimum Gasteiger partial charge on any atom is -0.313 e. The average Bonchev–Trinajstić information content (AvgIpc) is 2.56. The van der Waals surface area contributed by atoms with E-state index in [0.717, 1.165) is 28.9 Å². The number of fused-ring (bicyclic) bond motifs is 1. The lowest BCUT2D eigenvalue weighted by Crippen LogP contribution is -1.98. The summed E-state index contributed by atoms with van der Waals surface area (Å²) in [6, 6.07) is 8.20. The quantitative estimate of drug-likeness (QED) is 0.577. The number of aromatic nitrogens is 2. The van der Waals surface area contributed by atoms with Gasteiger partial charge in [-0.3, -0.25) is 0 Å². The van der Waals surface area contributed by atoms with Gasteiger partial charge >= 0.3 is 0 Å². The number of nitrogens with zero attached hydrogens (tertiary/aromatic N) is 2. The molecule has 2 nitrogen and oxygen atoms in total. The highest BCUT2D eigenvalue weighted by Crippen LogP contribution is 2.17. The van der Waals surface area contributed by atoms with Crippen LogP contribution in [-0.2, 0) is 13.1 Å². The Hall–Kier alpha value is -1.61. The average molecular weight is 230 g/mol. The Balaban J connectivity index is 2.79. The first kappa shape index (κ1) is 10.9. The minimum absolute atomic E-state index is 0.740. The van der Waals surface area contributed by atoms with E-state index < -0.39 is 0 Å². The maximum atomic E-state index is 5.45. The Labute approximate surface area is 100 Å². The van der Waals surface area contributed by atoms with Crippen LogP contribution in [0.3, 0.4) is 0 Å². The lowest BCUT2D eigenvalue weighted by atomic mass is 10.3. The molecule has 0 amide bonds. The number of imidazole rings is 1. The Morgan fingerprint density at radius 2 is 1.44 bits per heavy atom. The normalized spacial score (nSPS) is 10.5. The van der Waals surface area contributed by atoms with Gasteiger partial charge in [-0.15, -0.1) is 13.2 Å². The number of allylic oxidation sites excluding steroid dienone is 2. The molecule has 0 N–H and O–H groups in total. The fraction of sp³-hybridized carbons (Fsp3) is 0.154. The van der Waals surface area contributed by atoms with Crippen molar-refractivity contribution < 1.29 is 0 Å². The van der Waals surface area contributed by atoms with E-state index in [1.807, 2.05) is 24.3 Å². The van der Waals surface area contributed by atoms with Gasteiger partial charge in [0.25, 0.3) is 0 Å². The van der Waals surface area contributed by atoms with Crippen molar-refractivity contribution in [1.82, 2.24) is 9.13 Å². The summed E-state index contributed by atoms with van der Waals surface area (Å²) < 4.78 is 4.99. The van der Waals surface area contributed by atoms with Crippen molar-refractivity contribution in [2.24, 2.45) is 0 Å². The van der Waals surface area contributed by atoms with E-state index in [2.05, 4.69) is 34.4 Å². The molecule has 82 valence electrons. The van der Waals surface area contributed by atoms with Crippen LogP contribution in [0.25, 0.3) is 11.0 Å². The molecule has 2 aromatic rings. The lowest BCUT2D eigenvalue weighted by molar-refractivity contribution is 0.751. The molecule has 0 aliphatic heterocycles. The fourth-order valence-corrected chi connectivity index (χ4v) is 2.23. The monoisotopic (exact) mass is 230 g/mol. The van der Waals surface area contributed by atoms with Crippen molar-refractivity contribution in [1.29, 1.82) is 0 Å². The summed E-state index contributed by atoms with van der Waals surface area (Å²) in [4.78, 5) is 0. The van der Waals surface area contributed by atoms with Gasteiger partial charge in [0.1, 0.15) is 0 Å². The molecular formula is C13H14N2S. The first-order chi connectivity index (χ1) is 7.79. The summed E-state index contributed by atoms with van der Waals surface area (Å²) >= 11 is 5.45. The summed E-state index contributed by atoms with van der Waals surface area (Å²) in [6.45, 7) is 9.00. The highest BCUT2D eigenvalue weighted by molar-refractivity contribution is 7.71. The number of hydrogen-bond acceptors (Lipinski definition) is 1. The molecular weight excluding hydrogens is 216 g/mol. The Kier molecular flexibility index (Phi) is 3.06. The van der Waals surface area contributed by atoms with Crippen molar-refractivity contribution in [2.45, 2.75) is 13.1 Å². The molecule has 3 heteroatoms. The minimum atomic E-state index is 0.740. The van der Waals surface area contributed by atoms with Gasteiger partial charge in [0, 0.05) is 13.1 Å². The Morgan fingerprint density at radius 3 is 1.81 bits per heavy atom. The smallest absolute Gasteiger partial charge is 0.181 e. The first-order valence-electron chi connectivity index (χ1n) is 5.19. The van der Waals surface area contributed by atoms with Crippen LogP contribution in [0, 0.1) is 4.77 Å². The molecule has 1 aromatic heterocycles. The van der Waals surface area contributed by atoms with E-state index in [4.69, 9.17) is 12.2 Å². The molecule has 0 unspecified atom stereocenters. The van der Waals surface area contributed by atoms with Gasteiger partial charge in [-0.25, -0.2) is 0 Å². The van der Waals surface area contributed by atoms with Crippen LogP contribution in [0.5, 0.6) is 0 Å². The highest BCUT2D eigenvalue weighted by atomic mass is 32.1. The number of benzene rings is 1. The Morgan fingerprint density at radius 1 is 1.00 bits per heavy atom. The summed E-state index contributed by atoms with van der Waals surface area (Å²) in [5.41, 5.74) is 2.29. The molecule has 16 heavy (non-hydrogen) atoms. The standard InChI is InChI=1S/C13H14N2S/c1-3-9-14-11-7-5-6-8-12(11)15(10-4-2)13(14)16/h3-8H,1-2,9-10H2. The predicted octanol–water partition coefficient (Wildman–Crippen LogP) is 3.54. The van der Waals surface area contributed by atoms with E-state index in [9.17, 15) is 0 Å². The summed E-state index contributed by atoms with van der Waals surface area (Å²) in [5, 5.41) is 0. The van der Waals surface area contributed by atoms with Gasteiger partial charge in [-0.1, -0.05) is 24.3 Å². The van der Waals surface area contributed by atoms with E-state index in [1.165, 1.54) is 0 Å². The Bertz CT molecular complexity index is 539. The third-order valence-corrected chi connectivity index (χ3v) is 2.99. The van der Waals surface area contributed by atoms with Gasteiger partial charge in [-0.05, 0) is 24.4 Å². The van der Waals surface area contributed by atoms with Crippen LogP contribution in [0.1, 0.15) is 0 Å². The molecule has 0 atom stereocenters. The number of hydrogen-bond donors (Lipinski definition) is 0. The zero-order valence-corrected chi connectivity index (χ0v) is 9.91. The van der Waals surface area contributed by atoms with Gasteiger partial charge in [-0.2, -0.15) is 0 Å². The first-order valence-corrected chi connectivity index (χ1v) is 5.60. The van der Waals surface area contributed by atoms with Crippen molar-refractivity contribution in [3.8, 4) is 0 Å². The van der Waals surface area contributed by atoms with Crippen LogP contribution >= 0.6 is 12.2 Å². The third kappa shape index (κ3) is 1.63. The SMILES string of the molecule is C=CCn1c(=S)n(CC=C)c2ccccc21. The lowest BCUT2D eigenvalue weighted by Gasteiger charge is -1.98. The van der Waals surface area contributed by atoms with Crippen molar-refractivity contribution in [3.63, 3.8) is 0 Å². The maximum absolute atomic E-state index is 5.45. The highest BCUT2D eigenvalue weighted by Gasteiger charge is 2.07. The van der Waals surface area contributed by atoms with Crippen molar-refractivity contribution in [2.75, 3.05) is 0 Å². The zero-order chi connectivity index (χ0) is 11.5. The number of para-hydroxylation sites is 2. The van der Waals surface area contributed by atoms with Crippen LogP contribution < -0.4 is 0 Å². The molecule has 2 rings (SSSR count). The molecule has 0 aliphatic rings. The van der Waals surface area contributed by atoms with Crippen LogP contribution in [0.2, 0.25) is 0 Å². The molecule has 0 radical (unpaired) electrons. The zero-order valence-electron chi connectivity index (χ0n) is 9.10. The predicted molar refractivity (Wildman–Crippen MR) is 71.2 cm³/mol. The summed E-state index contributed by atoms with van der Waals surface area (Å²) in [7, 11) is 0. The second-order valence-electron chi connectivity index (χ2n) is 3.57. The van der Waals surface area contributed by atoms with Gasteiger partial charge in [0.05, 0.1) is 11.0 Å². The van der Waals surface area contributed by atoms with Gasteiger partial charge in [0.2, 0.25) is 0 Å². The second-order valence-corrected chi connectivity index (χ2v) is 3.93. The summed E-state index contributed by atoms with van der Waals surface area (Å²) in [6.07, 6.45) is 3.72. The maximum Gasteiger partial charge on any atom is 0.181 e. The molecule has 0 aliphatic carbocycles. The van der Waals surface area contributed by atoms with Crippen LogP contribution in [-0.4, -0.2) is 9.13 Å². The largest absolute Gasteiger partial charge is 0.313 e. The molecule has 1 aromatic carbocycles. The van der Waals surface area contributed by atoms with Crippen molar-refractivity contribution in [3.05, 3.63) is 54.3 Å². The second kappa shape index (κ2) is 4.49. The molecule has 0 saturated heterocycles. The van der Waals surface area contributed by atoms with E-state index in [1.54, 1.807) is 0 Å². The fourth-order valence-electron chi connectivity index (χ4n) is 1.88. The van der Waals surface area contributed by atoms with Crippen LogP contribution in [0.15, 0.2) is 49.6 Å². The van der Waals surface area contributed by atoms with Crippen LogP contribution in [0.4, 0.5) is 0 Å². The van der Waals surface area contributed by atoms with E-state index in [0.29, 0.717) is 0 Å². The molecule has 0 fully saturated rings. The molecule has 0 saturated carbocycles. The molecule has 0 bridgehead atoms. The molecule has 0 spiro atoms. The topological polar surface area (TPSA) is 9.86 Å². The van der Waals surface area contributed by atoms with Gasteiger partial charge < -0.3 is 9.13 Å². The molecule has 1 heterocycles. The summed E-state index contributed by atoms with van der Waals surface area (Å²) in [5.74, 6) is 0. The van der Waals surface area contributed by atoms with E-state index in [-0.39, 0.29) is 0 Å².